The van der Waals surface area contributed by atoms with Gasteiger partial charge in [0.15, 0.2) is 0 Å². The van der Waals surface area contributed by atoms with Gasteiger partial charge in [-0.25, -0.2) is 0 Å². The van der Waals surface area contributed by atoms with E-state index < -0.39 is 0 Å². The predicted molar refractivity (Wildman–Crippen MR) is 251 cm³/mol. The van der Waals surface area contributed by atoms with Gasteiger partial charge in [-0.15, -0.1) is 0 Å². The molecule has 0 saturated heterocycles. The van der Waals surface area contributed by atoms with Gasteiger partial charge in [0.2, 0.25) is 0 Å². The Balaban J connectivity index is 1.26. The zero-order chi connectivity index (χ0) is 40.7. The minimum absolute atomic E-state index is 0.0283. The van der Waals surface area contributed by atoms with E-state index in [0.717, 1.165) is 25.7 Å². The first-order chi connectivity index (χ1) is 27.9. The number of hydrogen-bond donors (Lipinski definition) is 0. The fourth-order valence-corrected chi connectivity index (χ4v) is 10.3. The Kier molecular flexibility index (Phi) is 11.0. The predicted octanol–water partition coefficient (Wildman–Crippen LogP) is 17.0. The molecule has 0 N–H and O–H groups in total. The van der Waals surface area contributed by atoms with Crippen molar-refractivity contribution in [1.82, 2.24) is 0 Å². The molecule has 6 aromatic rings. The van der Waals surface area contributed by atoms with E-state index in [9.17, 15) is 0 Å². The normalized spacial score (nSPS) is 15.2. The van der Waals surface area contributed by atoms with Crippen LogP contribution in [0.4, 0.5) is 17.1 Å². The number of anilines is 3. The Labute approximate surface area is 350 Å². The second-order valence-electron chi connectivity index (χ2n) is 19.6. The molecule has 58 heavy (non-hydrogen) atoms. The van der Waals surface area contributed by atoms with Gasteiger partial charge in [-0.1, -0.05) is 178 Å². The molecule has 0 amide bonds. The molecular weight excluding hydrogens is 699 g/mol. The van der Waals surface area contributed by atoms with Gasteiger partial charge in [0.25, 0.3) is 0 Å². The van der Waals surface area contributed by atoms with Crippen LogP contribution in [0.3, 0.4) is 0 Å². The molecule has 0 aromatic heterocycles. The van der Waals surface area contributed by atoms with Crippen LogP contribution in [-0.2, 0) is 16.2 Å². The second-order valence-corrected chi connectivity index (χ2v) is 19.6. The lowest BCUT2D eigenvalue weighted by atomic mass is 9.71. The average Bonchev–Trinajstić information content (AvgIpc) is 3.49. The Morgan fingerprint density at radius 1 is 0.483 bits per heavy atom. The molecule has 6 aromatic carbocycles. The van der Waals surface area contributed by atoms with Crippen LogP contribution in [0.25, 0.3) is 33.4 Å². The molecule has 0 unspecified atom stereocenters. The van der Waals surface area contributed by atoms with Crippen molar-refractivity contribution in [2.75, 3.05) is 4.90 Å². The van der Waals surface area contributed by atoms with E-state index in [1.165, 1.54) is 110 Å². The maximum atomic E-state index is 2.57. The highest BCUT2D eigenvalue weighted by Gasteiger charge is 2.42. The van der Waals surface area contributed by atoms with Crippen molar-refractivity contribution >= 4 is 17.1 Å². The Hall–Kier alpha value is -4.88. The van der Waals surface area contributed by atoms with Crippen molar-refractivity contribution in [3.8, 4) is 33.4 Å². The summed E-state index contributed by atoms with van der Waals surface area (Å²) in [6.07, 6.45) is 11.2. The van der Waals surface area contributed by atoms with E-state index in [-0.39, 0.29) is 16.2 Å². The number of benzene rings is 6. The van der Waals surface area contributed by atoms with Gasteiger partial charge < -0.3 is 4.90 Å². The SMILES string of the molecule is CCCC1(CCC)c2ccccc2-c2ccc(N(c3cccc(-c4cccc(-c5cc(C(C)(C)C)cc(C(C)(C)C)c5)c4)c3)c3cccc(C4CCCCC4)c3)cc21. The summed E-state index contributed by atoms with van der Waals surface area (Å²) >= 11 is 0. The van der Waals surface area contributed by atoms with Crippen LogP contribution in [-0.4, -0.2) is 0 Å². The zero-order valence-electron chi connectivity index (χ0n) is 36.6. The van der Waals surface area contributed by atoms with E-state index >= 15 is 0 Å². The summed E-state index contributed by atoms with van der Waals surface area (Å²) in [6, 6.07) is 51.9. The second kappa shape index (κ2) is 16.1. The third-order valence-electron chi connectivity index (χ3n) is 13.4. The molecule has 1 nitrogen and oxygen atoms in total. The van der Waals surface area contributed by atoms with E-state index in [1.54, 1.807) is 0 Å². The summed E-state index contributed by atoms with van der Waals surface area (Å²) in [5.74, 6) is 0.636. The fourth-order valence-electron chi connectivity index (χ4n) is 10.3. The summed E-state index contributed by atoms with van der Waals surface area (Å²) in [4.78, 5) is 2.55. The number of nitrogens with zero attached hydrogens (tertiary/aromatic N) is 1. The smallest absolute Gasteiger partial charge is 0.0467 e. The third-order valence-corrected chi connectivity index (χ3v) is 13.4. The molecule has 1 heteroatoms. The summed E-state index contributed by atoms with van der Waals surface area (Å²) in [5.41, 5.74) is 18.9. The van der Waals surface area contributed by atoms with Crippen molar-refractivity contribution in [2.45, 2.75) is 135 Å². The fraction of sp³-hybridized carbons (Fsp3) is 0.368. The largest absolute Gasteiger partial charge is 0.310 e. The lowest BCUT2D eigenvalue weighted by Crippen LogP contribution is -2.25. The first-order valence-corrected chi connectivity index (χ1v) is 22.4. The highest BCUT2D eigenvalue weighted by Crippen LogP contribution is 2.55. The van der Waals surface area contributed by atoms with E-state index in [4.69, 9.17) is 0 Å². The van der Waals surface area contributed by atoms with E-state index in [0.29, 0.717) is 5.92 Å². The Morgan fingerprint density at radius 2 is 1.03 bits per heavy atom. The van der Waals surface area contributed by atoms with Gasteiger partial charge >= 0.3 is 0 Å². The van der Waals surface area contributed by atoms with Crippen LogP contribution >= 0.6 is 0 Å². The minimum Gasteiger partial charge on any atom is -0.310 e. The summed E-state index contributed by atoms with van der Waals surface area (Å²) in [6.45, 7) is 18.7. The number of rotatable bonds is 10. The molecule has 0 spiro atoms. The van der Waals surface area contributed by atoms with E-state index in [2.05, 4.69) is 194 Å². The molecule has 2 aliphatic carbocycles. The van der Waals surface area contributed by atoms with Crippen molar-refractivity contribution in [2.24, 2.45) is 0 Å². The topological polar surface area (TPSA) is 3.24 Å². The molecule has 0 heterocycles. The monoisotopic (exact) mass is 764 g/mol. The van der Waals surface area contributed by atoms with Gasteiger partial charge in [-0.2, -0.15) is 0 Å². The van der Waals surface area contributed by atoms with Gasteiger partial charge in [0.05, 0.1) is 0 Å². The molecule has 0 aliphatic heterocycles. The molecule has 1 fully saturated rings. The Morgan fingerprint density at radius 3 is 1.69 bits per heavy atom. The van der Waals surface area contributed by atoms with Crippen LogP contribution in [0.15, 0.2) is 133 Å². The van der Waals surface area contributed by atoms with Crippen molar-refractivity contribution in [3.63, 3.8) is 0 Å². The molecular formula is C57H65N. The first kappa shape index (κ1) is 39.9. The van der Waals surface area contributed by atoms with Crippen LogP contribution in [0.2, 0.25) is 0 Å². The number of hydrogen-bond acceptors (Lipinski definition) is 1. The molecule has 298 valence electrons. The lowest BCUT2D eigenvalue weighted by molar-refractivity contribution is 0.436. The molecule has 1 saturated carbocycles. The maximum Gasteiger partial charge on any atom is 0.0467 e. The van der Waals surface area contributed by atoms with Gasteiger partial charge in [-0.05, 0) is 146 Å². The zero-order valence-corrected chi connectivity index (χ0v) is 36.6. The van der Waals surface area contributed by atoms with Crippen molar-refractivity contribution < 1.29 is 0 Å². The standard InChI is InChI=1S/C57H65N/c1-9-31-57(32-10-2)53-28-15-14-27-51(53)52-30-29-50(39-54(52)57)58(48-25-17-23-43(36-48)40-19-12-11-13-20-40)49-26-18-24-44(37-49)41-21-16-22-42(33-41)45-34-46(55(3,4)5)38-47(35-45)56(6,7)8/h14-18,21-30,33-40H,9-13,19-20,31-32H2,1-8H3. The third kappa shape index (κ3) is 7.70. The van der Waals surface area contributed by atoms with Gasteiger partial charge in [0.1, 0.15) is 0 Å². The molecule has 0 bridgehead atoms. The maximum absolute atomic E-state index is 2.57. The quantitative estimate of drug-likeness (QED) is 0.134. The summed E-state index contributed by atoms with van der Waals surface area (Å²) < 4.78 is 0. The van der Waals surface area contributed by atoms with E-state index in [1.807, 2.05) is 0 Å². The van der Waals surface area contributed by atoms with Crippen LogP contribution < -0.4 is 4.90 Å². The highest BCUT2D eigenvalue weighted by molar-refractivity contribution is 5.87. The van der Waals surface area contributed by atoms with Crippen molar-refractivity contribution in [1.29, 1.82) is 0 Å². The molecule has 2 aliphatic rings. The van der Waals surface area contributed by atoms with Crippen LogP contribution in [0, 0.1) is 0 Å². The van der Waals surface area contributed by atoms with Crippen LogP contribution in [0.5, 0.6) is 0 Å². The van der Waals surface area contributed by atoms with Crippen LogP contribution in [0.1, 0.15) is 147 Å². The van der Waals surface area contributed by atoms with Crippen molar-refractivity contribution in [3.05, 3.63) is 161 Å². The molecule has 8 rings (SSSR count). The average molecular weight is 764 g/mol. The Bertz CT molecular complexity index is 2350. The molecule has 0 radical (unpaired) electrons. The summed E-state index contributed by atoms with van der Waals surface area (Å²) in [7, 11) is 0. The van der Waals surface area contributed by atoms with Gasteiger partial charge in [0, 0.05) is 22.5 Å². The summed E-state index contributed by atoms with van der Waals surface area (Å²) in [5, 5.41) is 0. The number of fused-ring (bicyclic) bond motifs is 3. The van der Waals surface area contributed by atoms with Gasteiger partial charge in [-0.3, -0.25) is 0 Å². The lowest BCUT2D eigenvalue weighted by Gasteiger charge is -2.33. The minimum atomic E-state index is 0.0283. The highest BCUT2D eigenvalue weighted by atomic mass is 15.1. The first-order valence-electron chi connectivity index (χ1n) is 22.4. The molecule has 0 atom stereocenters.